The number of hydrogen-bond acceptors (Lipinski definition) is 5. The molecule has 0 aliphatic heterocycles. The molecule has 5 heteroatoms. The third kappa shape index (κ3) is 5.50. The summed E-state index contributed by atoms with van der Waals surface area (Å²) >= 11 is 0. The van der Waals surface area contributed by atoms with Gasteiger partial charge in [0, 0.05) is 13.2 Å². The lowest BCUT2D eigenvalue weighted by Gasteiger charge is -2.07. The van der Waals surface area contributed by atoms with Crippen molar-refractivity contribution >= 4 is 11.6 Å². The van der Waals surface area contributed by atoms with Crippen molar-refractivity contribution in [1.29, 1.82) is 0 Å². The third-order valence-corrected chi connectivity index (χ3v) is 1.98. The second-order valence-corrected chi connectivity index (χ2v) is 3.89. The van der Waals surface area contributed by atoms with E-state index in [9.17, 15) is 0 Å². The van der Waals surface area contributed by atoms with E-state index in [1.54, 1.807) is 12.4 Å². The Hall–Kier alpha value is -1.36. The second kappa shape index (κ2) is 7.00. The Balaban J connectivity index is 2.05. The molecule has 0 atom stereocenters. The molecule has 5 nitrogen and oxygen atoms in total. The summed E-state index contributed by atoms with van der Waals surface area (Å²) in [5.41, 5.74) is 6.06. The SMILES string of the molecule is CC(C)OCCCCNc1ncc(N)cn1. The van der Waals surface area contributed by atoms with Gasteiger partial charge >= 0.3 is 0 Å². The molecule has 0 spiro atoms. The highest BCUT2D eigenvalue weighted by molar-refractivity contribution is 5.35. The van der Waals surface area contributed by atoms with E-state index >= 15 is 0 Å². The number of hydrogen-bond donors (Lipinski definition) is 2. The minimum atomic E-state index is 0.313. The molecule has 0 radical (unpaired) electrons. The fraction of sp³-hybridized carbons (Fsp3) is 0.636. The Labute approximate surface area is 96.4 Å². The molecule has 16 heavy (non-hydrogen) atoms. The third-order valence-electron chi connectivity index (χ3n) is 1.98. The number of ether oxygens (including phenoxy) is 1. The van der Waals surface area contributed by atoms with Gasteiger partial charge in [0.15, 0.2) is 0 Å². The number of anilines is 2. The molecule has 0 aromatic carbocycles. The lowest BCUT2D eigenvalue weighted by molar-refractivity contribution is 0.0765. The molecule has 0 aliphatic carbocycles. The van der Waals surface area contributed by atoms with Crippen LogP contribution in [0.5, 0.6) is 0 Å². The molecule has 3 N–H and O–H groups in total. The molecule has 0 saturated carbocycles. The summed E-state index contributed by atoms with van der Waals surface area (Å²) in [5.74, 6) is 0.624. The lowest BCUT2D eigenvalue weighted by Crippen LogP contribution is -2.08. The first-order valence-electron chi connectivity index (χ1n) is 5.61. The van der Waals surface area contributed by atoms with Gasteiger partial charge < -0.3 is 15.8 Å². The average molecular weight is 224 g/mol. The fourth-order valence-electron chi connectivity index (χ4n) is 1.18. The van der Waals surface area contributed by atoms with E-state index in [2.05, 4.69) is 15.3 Å². The van der Waals surface area contributed by atoms with E-state index in [1.807, 2.05) is 13.8 Å². The van der Waals surface area contributed by atoms with Crippen molar-refractivity contribution in [2.45, 2.75) is 32.8 Å². The molecule has 1 rings (SSSR count). The number of nitrogens with two attached hydrogens (primary N) is 1. The van der Waals surface area contributed by atoms with Crippen LogP contribution in [0.15, 0.2) is 12.4 Å². The molecule has 0 saturated heterocycles. The van der Waals surface area contributed by atoms with Gasteiger partial charge in [0.25, 0.3) is 0 Å². The van der Waals surface area contributed by atoms with Crippen LogP contribution in [-0.4, -0.2) is 29.2 Å². The van der Waals surface area contributed by atoms with Gasteiger partial charge in [-0.3, -0.25) is 0 Å². The van der Waals surface area contributed by atoms with Crippen molar-refractivity contribution in [2.75, 3.05) is 24.2 Å². The van der Waals surface area contributed by atoms with Crippen LogP contribution in [0.3, 0.4) is 0 Å². The van der Waals surface area contributed by atoms with E-state index in [1.165, 1.54) is 0 Å². The van der Waals surface area contributed by atoms with Crippen LogP contribution in [-0.2, 0) is 4.74 Å². The predicted octanol–water partition coefficient (Wildman–Crippen LogP) is 1.68. The summed E-state index contributed by atoms with van der Waals surface area (Å²) in [7, 11) is 0. The van der Waals surface area contributed by atoms with E-state index in [4.69, 9.17) is 10.5 Å². The molecular weight excluding hydrogens is 204 g/mol. The smallest absolute Gasteiger partial charge is 0.222 e. The Morgan fingerprint density at radius 3 is 2.62 bits per heavy atom. The molecule has 1 aromatic heterocycles. The molecule has 90 valence electrons. The van der Waals surface area contributed by atoms with Crippen molar-refractivity contribution in [3.05, 3.63) is 12.4 Å². The van der Waals surface area contributed by atoms with Gasteiger partial charge in [-0.05, 0) is 26.7 Å². The number of nitrogens with one attached hydrogen (secondary N) is 1. The topological polar surface area (TPSA) is 73.1 Å². The van der Waals surface area contributed by atoms with Gasteiger partial charge in [-0.1, -0.05) is 0 Å². The number of aromatic nitrogens is 2. The summed E-state index contributed by atoms with van der Waals surface area (Å²) < 4.78 is 5.43. The van der Waals surface area contributed by atoms with E-state index in [-0.39, 0.29) is 0 Å². The maximum absolute atomic E-state index is 5.48. The highest BCUT2D eigenvalue weighted by atomic mass is 16.5. The first kappa shape index (κ1) is 12.7. The Morgan fingerprint density at radius 1 is 1.31 bits per heavy atom. The monoisotopic (exact) mass is 224 g/mol. The van der Waals surface area contributed by atoms with Crippen LogP contribution in [0.2, 0.25) is 0 Å². The second-order valence-electron chi connectivity index (χ2n) is 3.89. The number of nitrogens with zero attached hydrogens (tertiary/aromatic N) is 2. The molecular formula is C11H20N4O. The van der Waals surface area contributed by atoms with Crippen LogP contribution in [0.4, 0.5) is 11.6 Å². The minimum Gasteiger partial charge on any atom is -0.396 e. The number of rotatable bonds is 7. The predicted molar refractivity (Wildman–Crippen MR) is 65.3 cm³/mol. The summed E-state index contributed by atoms with van der Waals surface area (Å²) in [6.45, 7) is 5.74. The highest BCUT2D eigenvalue weighted by Gasteiger charge is 1.96. The van der Waals surface area contributed by atoms with Crippen molar-refractivity contribution in [2.24, 2.45) is 0 Å². The zero-order valence-electron chi connectivity index (χ0n) is 9.94. The first-order valence-corrected chi connectivity index (χ1v) is 5.61. The van der Waals surface area contributed by atoms with E-state index in [0.717, 1.165) is 26.0 Å². The molecule has 0 bridgehead atoms. The molecule has 1 aromatic rings. The zero-order valence-corrected chi connectivity index (χ0v) is 9.94. The summed E-state index contributed by atoms with van der Waals surface area (Å²) in [4.78, 5) is 8.09. The van der Waals surface area contributed by atoms with Crippen molar-refractivity contribution in [1.82, 2.24) is 9.97 Å². The molecule has 0 unspecified atom stereocenters. The zero-order chi connectivity index (χ0) is 11.8. The van der Waals surface area contributed by atoms with Crippen molar-refractivity contribution in [3.8, 4) is 0 Å². The van der Waals surface area contributed by atoms with Gasteiger partial charge in [0.2, 0.25) is 5.95 Å². The molecule has 0 aliphatic rings. The van der Waals surface area contributed by atoms with Crippen LogP contribution in [0.25, 0.3) is 0 Å². The highest BCUT2D eigenvalue weighted by Crippen LogP contribution is 2.01. The fourth-order valence-corrected chi connectivity index (χ4v) is 1.18. The molecule has 1 heterocycles. The van der Waals surface area contributed by atoms with Crippen LogP contribution < -0.4 is 11.1 Å². The summed E-state index contributed by atoms with van der Waals surface area (Å²) in [6, 6.07) is 0. The van der Waals surface area contributed by atoms with E-state index < -0.39 is 0 Å². The van der Waals surface area contributed by atoms with Gasteiger partial charge in [-0.15, -0.1) is 0 Å². The van der Waals surface area contributed by atoms with Gasteiger partial charge in [0.1, 0.15) is 0 Å². The van der Waals surface area contributed by atoms with Gasteiger partial charge in [0.05, 0.1) is 24.2 Å². The normalized spacial score (nSPS) is 10.7. The first-order chi connectivity index (χ1) is 7.68. The Bertz CT molecular complexity index is 287. The Kier molecular flexibility index (Phi) is 5.56. The number of nitrogen functional groups attached to an aromatic ring is 1. The largest absolute Gasteiger partial charge is 0.396 e. The molecule has 0 amide bonds. The molecule has 0 fully saturated rings. The summed E-state index contributed by atoms with van der Waals surface area (Å²) in [5, 5.41) is 3.13. The van der Waals surface area contributed by atoms with Gasteiger partial charge in [-0.2, -0.15) is 0 Å². The van der Waals surface area contributed by atoms with Crippen molar-refractivity contribution in [3.63, 3.8) is 0 Å². The lowest BCUT2D eigenvalue weighted by atomic mass is 10.3. The maximum atomic E-state index is 5.48. The number of unbranched alkanes of at least 4 members (excludes halogenated alkanes) is 1. The summed E-state index contributed by atoms with van der Waals surface area (Å²) in [6.07, 6.45) is 5.59. The van der Waals surface area contributed by atoms with Crippen LogP contribution in [0.1, 0.15) is 26.7 Å². The Morgan fingerprint density at radius 2 is 2.00 bits per heavy atom. The minimum absolute atomic E-state index is 0.313. The average Bonchev–Trinajstić information content (AvgIpc) is 2.25. The van der Waals surface area contributed by atoms with Crippen LogP contribution >= 0.6 is 0 Å². The van der Waals surface area contributed by atoms with E-state index in [0.29, 0.717) is 17.7 Å². The van der Waals surface area contributed by atoms with Gasteiger partial charge in [-0.25, -0.2) is 9.97 Å². The maximum Gasteiger partial charge on any atom is 0.222 e. The standard InChI is InChI=1S/C11H20N4O/c1-9(2)16-6-4-3-5-13-11-14-7-10(12)8-15-11/h7-9H,3-6,12H2,1-2H3,(H,13,14,15). The quantitative estimate of drug-likeness (QED) is 0.689. The van der Waals surface area contributed by atoms with Crippen molar-refractivity contribution < 1.29 is 4.74 Å². The van der Waals surface area contributed by atoms with Crippen LogP contribution in [0, 0.1) is 0 Å².